The fourth-order valence-corrected chi connectivity index (χ4v) is 2.44. The number of ether oxygens (including phenoxy) is 1. The van der Waals surface area contributed by atoms with Crippen LogP contribution in [-0.4, -0.2) is 49.8 Å². The van der Waals surface area contributed by atoms with Gasteiger partial charge in [0.2, 0.25) is 0 Å². The van der Waals surface area contributed by atoms with Crippen LogP contribution in [0.5, 0.6) is 0 Å². The van der Waals surface area contributed by atoms with Crippen molar-refractivity contribution in [2.75, 3.05) is 33.3 Å². The van der Waals surface area contributed by atoms with E-state index in [0.29, 0.717) is 6.10 Å². The van der Waals surface area contributed by atoms with E-state index in [1.165, 1.54) is 19.4 Å². The molecule has 0 radical (unpaired) electrons. The Bertz CT molecular complexity index is 182. The van der Waals surface area contributed by atoms with E-state index < -0.39 is 0 Å². The first-order chi connectivity index (χ1) is 7.07. The van der Waals surface area contributed by atoms with E-state index >= 15 is 0 Å². The largest absolute Gasteiger partial charge is 0.380 e. The van der Waals surface area contributed by atoms with Gasteiger partial charge in [0, 0.05) is 25.7 Å². The Morgan fingerprint density at radius 3 is 2.80 bits per heavy atom. The van der Waals surface area contributed by atoms with E-state index in [0.717, 1.165) is 19.6 Å². The molecular weight excluding hydrogens is 188 g/mol. The van der Waals surface area contributed by atoms with Crippen molar-refractivity contribution in [1.29, 1.82) is 0 Å². The molecule has 1 atom stereocenters. The first-order valence-electron chi connectivity index (χ1n) is 6.07. The van der Waals surface area contributed by atoms with Crippen LogP contribution in [-0.2, 0) is 4.74 Å². The molecule has 0 bridgehead atoms. The van der Waals surface area contributed by atoms with Gasteiger partial charge in [-0.2, -0.15) is 0 Å². The van der Waals surface area contributed by atoms with Gasteiger partial charge in [0.05, 0.1) is 6.10 Å². The summed E-state index contributed by atoms with van der Waals surface area (Å²) < 4.78 is 5.43. The highest BCUT2D eigenvalue weighted by Crippen LogP contribution is 2.15. The number of nitrogens with zero attached hydrogens (tertiary/aromatic N) is 1. The number of hydrogen-bond acceptors (Lipinski definition) is 3. The first-order valence-corrected chi connectivity index (χ1v) is 6.07. The van der Waals surface area contributed by atoms with Crippen LogP contribution in [0.2, 0.25) is 0 Å². The van der Waals surface area contributed by atoms with Crippen molar-refractivity contribution in [3.05, 3.63) is 0 Å². The summed E-state index contributed by atoms with van der Waals surface area (Å²) in [6.45, 7) is 11.2. The molecule has 1 N–H and O–H groups in total. The Hall–Kier alpha value is -0.120. The van der Waals surface area contributed by atoms with Gasteiger partial charge in [-0.25, -0.2) is 0 Å². The quantitative estimate of drug-likeness (QED) is 0.750. The Balaban J connectivity index is 2.36. The summed E-state index contributed by atoms with van der Waals surface area (Å²) in [5.74, 6) is 0. The predicted molar refractivity (Wildman–Crippen MR) is 64.2 cm³/mol. The molecule has 1 fully saturated rings. The second-order valence-corrected chi connectivity index (χ2v) is 5.15. The highest BCUT2D eigenvalue weighted by molar-refractivity contribution is 4.84. The normalized spacial score (nSPS) is 24.4. The van der Waals surface area contributed by atoms with Gasteiger partial charge in [-0.05, 0) is 39.8 Å². The molecule has 1 aliphatic heterocycles. The van der Waals surface area contributed by atoms with Crippen LogP contribution < -0.4 is 5.32 Å². The number of piperidine rings is 1. The summed E-state index contributed by atoms with van der Waals surface area (Å²) >= 11 is 0. The van der Waals surface area contributed by atoms with Crippen molar-refractivity contribution in [1.82, 2.24) is 10.2 Å². The van der Waals surface area contributed by atoms with Crippen LogP contribution in [0.3, 0.4) is 0 Å². The SMILES string of the molecule is CCNC(C)(C)CN1CCCC(OC)C1. The third kappa shape index (κ3) is 4.49. The average molecular weight is 214 g/mol. The highest BCUT2D eigenvalue weighted by atomic mass is 16.5. The first kappa shape index (κ1) is 12.9. The number of hydrogen-bond donors (Lipinski definition) is 1. The molecule has 0 aromatic heterocycles. The number of likely N-dealkylation sites (N-methyl/N-ethyl adjacent to an activating group) is 1. The van der Waals surface area contributed by atoms with Crippen molar-refractivity contribution in [2.45, 2.75) is 45.3 Å². The fourth-order valence-electron chi connectivity index (χ4n) is 2.44. The number of methoxy groups -OCH3 is 1. The molecule has 0 aromatic carbocycles. The monoisotopic (exact) mass is 214 g/mol. The average Bonchev–Trinajstić information content (AvgIpc) is 2.17. The van der Waals surface area contributed by atoms with Crippen LogP contribution in [0.15, 0.2) is 0 Å². The molecule has 3 heteroatoms. The van der Waals surface area contributed by atoms with E-state index in [1.807, 2.05) is 7.11 Å². The van der Waals surface area contributed by atoms with Gasteiger partial charge in [0.1, 0.15) is 0 Å². The van der Waals surface area contributed by atoms with E-state index in [-0.39, 0.29) is 5.54 Å². The molecule has 0 amide bonds. The molecule has 1 saturated heterocycles. The van der Waals surface area contributed by atoms with Crippen LogP contribution >= 0.6 is 0 Å². The van der Waals surface area contributed by atoms with Gasteiger partial charge in [-0.1, -0.05) is 6.92 Å². The van der Waals surface area contributed by atoms with Gasteiger partial charge in [0.15, 0.2) is 0 Å². The molecule has 1 unspecified atom stereocenters. The lowest BCUT2D eigenvalue weighted by Gasteiger charge is -2.37. The smallest absolute Gasteiger partial charge is 0.0698 e. The zero-order valence-corrected chi connectivity index (χ0v) is 10.7. The van der Waals surface area contributed by atoms with Gasteiger partial charge in [0.25, 0.3) is 0 Å². The van der Waals surface area contributed by atoms with Gasteiger partial charge < -0.3 is 10.1 Å². The second kappa shape index (κ2) is 5.83. The Kier molecular flexibility index (Phi) is 5.03. The summed E-state index contributed by atoms with van der Waals surface area (Å²) in [6.07, 6.45) is 2.92. The molecule has 1 rings (SSSR count). The van der Waals surface area contributed by atoms with E-state index in [4.69, 9.17) is 4.74 Å². The molecule has 1 heterocycles. The molecule has 0 saturated carbocycles. The van der Waals surface area contributed by atoms with E-state index in [1.54, 1.807) is 0 Å². The summed E-state index contributed by atoms with van der Waals surface area (Å²) in [7, 11) is 1.82. The topological polar surface area (TPSA) is 24.5 Å². The maximum absolute atomic E-state index is 5.43. The van der Waals surface area contributed by atoms with Crippen LogP contribution in [0.25, 0.3) is 0 Å². The van der Waals surface area contributed by atoms with Crippen molar-refractivity contribution in [3.8, 4) is 0 Å². The molecule has 90 valence electrons. The lowest BCUT2D eigenvalue weighted by Crippen LogP contribution is -2.52. The van der Waals surface area contributed by atoms with Gasteiger partial charge >= 0.3 is 0 Å². The minimum absolute atomic E-state index is 0.213. The Morgan fingerprint density at radius 2 is 2.20 bits per heavy atom. The molecular formula is C12H26N2O. The van der Waals surface area contributed by atoms with Crippen LogP contribution in [0, 0.1) is 0 Å². The predicted octanol–water partition coefficient (Wildman–Crippen LogP) is 1.49. The second-order valence-electron chi connectivity index (χ2n) is 5.15. The van der Waals surface area contributed by atoms with Crippen LogP contribution in [0.4, 0.5) is 0 Å². The molecule has 0 aromatic rings. The third-order valence-electron chi connectivity index (χ3n) is 3.07. The maximum Gasteiger partial charge on any atom is 0.0698 e. The minimum Gasteiger partial charge on any atom is -0.380 e. The minimum atomic E-state index is 0.213. The fraction of sp³-hybridized carbons (Fsp3) is 1.00. The van der Waals surface area contributed by atoms with E-state index in [2.05, 4.69) is 31.0 Å². The van der Waals surface area contributed by atoms with Crippen molar-refractivity contribution in [3.63, 3.8) is 0 Å². The zero-order valence-electron chi connectivity index (χ0n) is 10.7. The Labute approximate surface area is 94.2 Å². The molecule has 0 spiro atoms. The van der Waals surface area contributed by atoms with Crippen molar-refractivity contribution in [2.24, 2.45) is 0 Å². The van der Waals surface area contributed by atoms with Crippen LogP contribution in [0.1, 0.15) is 33.6 Å². The molecule has 1 aliphatic rings. The summed E-state index contributed by atoms with van der Waals surface area (Å²) in [5.41, 5.74) is 0.213. The number of nitrogens with one attached hydrogen (secondary N) is 1. The molecule has 3 nitrogen and oxygen atoms in total. The number of rotatable bonds is 5. The zero-order chi connectivity index (χ0) is 11.3. The lowest BCUT2D eigenvalue weighted by molar-refractivity contribution is 0.0232. The van der Waals surface area contributed by atoms with Gasteiger partial charge in [-0.3, -0.25) is 4.90 Å². The highest BCUT2D eigenvalue weighted by Gasteiger charge is 2.25. The summed E-state index contributed by atoms with van der Waals surface area (Å²) in [4.78, 5) is 2.51. The standard InChI is InChI=1S/C12H26N2O/c1-5-13-12(2,3)10-14-8-6-7-11(9-14)15-4/h11,13H,5-10H2,1-4H3. The summed E-state index contributed by atoms with van der Waals surface area (Å²) in [5, 5.41) is 3.52. The Morgan fingerprint density at radius 1 is 1.47 bits per heavy atom. The van der Waals surface area contributed by atoms with Crippen molar-refractivity contribution < 1.29 is 4.74 Å². The number of likely N-dealkylation sites (tertiary alicyclic amines) is 1. The maximum atomic E-state index is 5.43. The van der Waals surface area contributed by atoms with E-state index in [9.17, 15) is 0 Å². The van der Waals surface area contributed by atoms with Gasteiger partial charge in [-0.15, -0.1) is 0 Å². The lowest BCUT2D eigenvalue weighted by atomic mass is 10.0. The third-order valence-corrected chi connectivity index (χ3v) is 3.07. The molecule has 0 aliphatic carbocycles. The summed E-state index contributed by atoms with van der Waals surface area (Å²) in [6, 6.07) is 0. The van der Waals surface area contributed by atoms with Crippen molar-refractivity contribution >= 4 is 0 Å². The molecule has 15 heavy (non-hydrogen) atoms.